The van der Waals surface area contributed by atoms with Gasteiger partial charge in [0.1, 0.15) is 0 Å². The van der Waals surface area contributed by atoms with Gasteiger partial charge < -0.3 is 4.90 Å². The molecule has 0 aromatic carbocycles. The molecule has 1 saturated heterocycles. The van der Waals surface area contributed by atoms with Gasteiger partial charge in [-0.15, -0.1) is 0 Å². The Morgan fingerprint density at radius 3 is 2.62 bits per heavy atom. The van der Waals surface area contributed by atoms with Gasteiger partial charge in [-0.3, -0.25) is 4.79 Å². The number of piperidine rings is 1. The van der Waals surface area contributed by atoms with E-state index in [2.05, 4.69) is 27.8 Å². The lowest BCUT2D eigenvalue weighted by atomic mass is 10.00. The van der Waals surface area contributed by atoms with Crippen molar-refractivity contribution in [2.45, 2.75) is 31.0 Å². The lowest BCUT2D eigenvalue weighted by molar-refractivity contribution is -0.134. The van der Waals surface area contributed by atoms with E-state index in [9.17, 15) is 4.79 Å². The molecular weight excluding hydrogens is 230 g/mol. The van der Waals surface area contributed by atoms with E-state index < -0.39 is 0 Å². The molecule has 1 amide bonds. The third-order valence-corrected chi connectivity index (χ3v) is 4.40. The molecule has 2 nitrogen and oxygen atoms in total. The summed E-state index contributed by atoms with van der Waals surface area (Å²) in [5, 5.41) is 0. The molecule has 0 N–H and O–H groups in total. The van der Waals surface area contributed by atoms with Gasteiger partial charge >= 0.3 is 0 Å². The first-order valence-electron chi connectivity index (χ1n) is 5.11. The zero-order valence-corrected chi connectivity index (χ0v) is 9.59. The fourth-order valence-corrected chi connectivity index (χ4v) is 2.28. The van der Waals surface area contributed by atoms with Crippen LogP contribution in [0.4, 0.5) is 0 Å². The van der Waals surface area contributed by atoms with Crippen LogP contribution >= 0.6 is 15.9 Å². The molecule has 1 heterocycles. The summed E-state index contributed by atoms with van der Waals surface area (Å²) < 4.78 is 0. The van der Waals surface area contributed by atoms with Crippen molar-refractivity contribution in [2.24, 2.45) is 11.8 Å². The fourth-order valence-electron chi connectivity index (χ4n) is 1.91. The minimum atomic E-state index is 0.388. The molecule has 0 aromatic rings. The number of carbonyl (C=O) groups excluding carboxylic acids is 1. The Labute approximate surface area is 87.8 Å². The molecule has 3 heteroatoms. The topological polar surface area (TPSA) is 20.3 Å². The van der Waals surface area contributed by atoms with Crippen LogP contribution in [0.2, 0.25) is 0 Å². The Hall–Kier alpha value is -0.0500. The van der Waals surface area contributed by atoms with Gasteiger partial charge in [-0.2, -0.15) is 0 Å². The zero-order chi connectivity index (χ0) is 9.42. The molecule has 0 aromatic heterocycles. The summed E-state index contributed by atoms with van der Waals surface area (Å²) in [6.45, 7) is 4.12. The van der Waals surface area contributed by atoms with E-state index in [0.717, 1.165) is 32.4 Å². The normalized spacial score (nSPS) is 34.8. The fraction of sp³-hybridized carbons (Fsp3) is 0.900. The average Bonchev–Trinajstić information content (AvgIpc) is 2.91. The molecule has 0 spiro atoms. The third-order valence-electron chi connectivity index (χ3n) is 3.04. The highest BCUT2D eigenvalue weighted by molar-refractivity contribution is 9.09. The first kappa shape index (κ1) is 9.50. The van der Waals surface area contributed by atoms with Crippen LogP contribution in [-0.2, 0) is 4.79 Å². The number of carbonyl (C=O) groups is 1. The Balaban J connectivity index is 1.90. The monoisotopic (exact) mass is 245 g/mol. The molecular formula is C10H16BrNO. The summed E-state index contributed by atoms with van der Waals surface area (Å²) in [5.74, 6) is 1.40. The summed E-state index contributed by atoms with van der Waals surface area (Å²) in [4.78, 5) is 14.4. The molecule has 2 rings (SSSR count). The van der Waals surface area contributed by atoms with Gasteiger partial charge in [0, 0.05) is 23.8 Å². The van der Waals surface area contributed by atoms with Crippen LogP contribution in [-0.4, -0.2) is 28.7 Å². The molecule has 74 valence electrons. The van der Waals surface area contributed by atoms with Crippen LogP contribution in [0.25, 0.3) is 0 Å². The van der Waals surface area contributed by atoms with Gasteiger partial charge in [0.15, 0.2) is 0 Å². The Kier molecular flexibility index (Phi) is 2.63. The zero-order valence-electron chi connectivity index (χ0n) is 8.00. The average molecular weight is 246 g/mol. The van der Waals surface area contributed by atoms with E-state index in [1.165, 1.54) is 0 Å². The molecule has 2 fully saturated rings. The van der Waals surface area contributed by atoms with Gasteiger partial charge in [-0.1, -0.05) is 22.9 Å². The van der Waals surface area contributed by atoms with Gasteiger partial charge in [0.25, 0.3) is 0 Å². The van der Waals surface area contributed by atoms with Crippen LogP contribution in [0.5, 0.6) is 0 Å². The number of halogens is 1. The van der Waals surface area contributed by atoms with Crippen molar-refractivity contribution in [1.29, 1.82) is 0 Å². The third kappa shape index (κ3) is 2.06. The first-order chi connectivity index (χ1) is 6.18. The number of hydrogen-bond donors (Lipinski definition) is 0. The highest BCUT2D eigenvalue weighted by Crippen LogP contribution is 2.33. The molecule has 2 atom stereocenters. The molecule has 1 aliphatic carbocycles. The van der Waals surface area contributed by atoms with Gasteiger partial charge in [-0.05, 0) is 25.2 Å². The predicted molar refractivity (Wildman–Crippen MR) is 55.8 cm³/mol. The Morgan fingerprint density at radius 1 is 1.38 bits per heavy atom. The second-order valence-corrected chi connectivity index (χ2v) is 5.52. The maximum Gasteiger partial charge on any atom is 0.225 e. The van der Waals surface area contributed by atoms with E-state index in [-0.39, 0.29) is 0 Å². The predicted octanol–water partition coefficient (Wildman–Crippen LogP) is 2.03. The van der Waals surface area contributed by atoms with Crippen molar-refractivity contribution in [3.05, 3.63) is 0 Å². The lowest BCUT2D eigenvalue weighted by Gasteiger charge is -2.34. The van der Waals surface area contributed by atoms with Crippen molar-refractivity contribution < 1.29 is 4.79 Å². The number of nitrogens with zero attached hydrogens (tertiary/aromatic N) is 1. The maximum absolute atomic E-state index is 11.7. The minimum Gasteiger partial charge on any atom is -0.342 e. The maximum atomic E-state index is 11.7. The quantitative estimate of drug-likeness (QED) is 0.648. The molecule has 0 radical (unpaired) electrons. The Morgan fingerprint density at radius 2 is 2.08 bits per heavy atom. The van der Waals surface area contributed by atoms with Crippen molar-refractivity contribution in [3.8, 4) is 0 Å². The number of hydrogen-bond acceptors (Lipinski definition) is 1. The molecule has 1 saturated carbocycles. The summed E-state index contributed by atoms with van der Waals surface area (Å²) in [5.41, 5.74) is 0. The van der Waals surface area contributed by atoms with E-state index in [4.69, 9.17) is 0 Å². The Bertz CT molecular complexity index is 215. The smallest absolute Gasteiger partial charge is 0.225 e. The molecule has 2 aliphatic rings. The van der Waals surface area contributed by atoms with E-state index in [1.807, 2.05) is 0 Å². The van der Waals surface area contributed by atoms with Crippen LogP contribution in [0.15, 0.2) is 0 Å². The SMILES string of the molecule is CC1CN(C(=O)C2CC2)CCC1Br. The molecule has 1 aliphatic heterocycles. The summed E-state index contributed by atoms with van der Waals surface area (Å²) in [7, 11) is 0. The number of rotatable bonds is 1. The van der Waals surface area contributed by atoms with E-state index in [0.29, 0.717) is 22.6 Å². The van der Waals surface area contributed by atoms with Gasteiger partial charge in [-0.25, -0.2) is 0 Å². The van der Waals surface area contributed by atoms with Crippen LogP contribution < -0.4 is 0 Å². The second kappa shape index (κ2) is 3.60. The highest BCUT2D eigenvalue weighted by atomic mass is 79.9. The van der Waals surface area contributed by atoms with Crippen molar-refractivity contribution in [2.75, 3.05) is 13.1 Å². The van der Waals surface area contributed by atoms with Gasteiger partial charge in [0.2, 0.25) is 5.91 Å². The van der Waals surface area contributed by atoms with E-state index >= 15 is 0 Å². The lowest BCUT2D eigenvalue weighted by Crippen LogP contribution is -2.43. The van der Waals surface area contributed by atoms with Crippen LogP contribution in [0.3, 0.4) is 0 Å². The molecule has 0 bridgehead atoms. The van der Waals surface area contributed by atoms with Crippen LogP contribution in [0, 0.1) is 11.8 Å². The standard InChI is InChI=1S/C10H16BrNO/c1-7-6-12(5-4-9(7)11)10(13)8-2-3-8/h7-9H,2-6H2,1H3. The minimum absolute atomic E-state index is 0.388. The van der Waals surface area contributed by atoms with Crippen LogP contribution in [0.1, 0.15) is 26.2 Å². The van der Waals surface area contributed by atoms with Crippen molar-refractivity contribution in [1.82, 2.24) is 4.90 Å². The first-order valence-corrected chi connectivity index (χ1v) is 6.03. The molecule has 2 unspecified atom stereocenters. The number of alkyl halides is 1. The highest BCUT2D eigenvalue weighted by Gasteiger charge is 2.36. The van der Waals surface area contributed by atoms with Crippen molar-refractivity contribution in [3.63, 3.8) is 0 Å². The van der Waals surface area contributed by atoms with Gasteiger partial charge in [0.05, 0.1) is 0 Å². The largest absolute Gasteiger partial charge is 0.342 e. The second-order valence-electron chi connectivity index (χ2n) is 4.34. The number of amides is 1. The summed E-state index contributed by atoms with van der Waals surface area (Å²) >= 11 is 3.64. The summed E-state index contributed by atoms with van der Waals surface area (Å²) in [6, 6.07) is 0. The van der Waals surface area contributed by atoms with E-state index in [1.54, 1.807) is 0 Å². The molecule has 13 heavy (non-hydrogen) atoms. The summed E-state index contributed by atoms with van der Waals surface area (Å²) in [6.07, 6.45) is 3.36. The van der Waals surface area contributed by atoms with Crippen molar-refractivity contribution >= 4 is 21.8 Å². The number of likely N-dealkylation sites (tertiary alicyclic amines) is 1.